The zero-order valence-electron chi connectivity index (χ0n) is 12.4. The van der Waals surface area contributed by atoms with E-state index in [-0.39, 0.29) is 0 Å². The molecule has 0 aliphatic heterocycles. The van der Waals surface area contributed by atoms with Gasteiger partial charge in [-0.1, -0.05) is 48.0 Å². The van der Waals surface area contributed by atoms with Crippen LogP contribution in [0.4, 0.5) is 0 Å². The monoisotopic (exact) mass is 319 g/mol. The lowest BCUT2D eigenvalue weighted by atomic mass is 10.1. The van der Waals surface area contributed by atoms with Crippen molar-refractivity contribution in [2.45, 2.75) is 30.2 Å². The van der Waals surface area contributed by atoms with Gasteiger partial charge in [0.1, 0.15) is 0 Å². The standard InChI is InChI=1S/C18H22ClNS/c1-20-17(11-5-9-15-7-3-2-4-8-15)14-21-18-12-6-10-16(19)13-18/h2-4,6-8,10,12-13,17,20H,5,9,11,14H2,1H3. The average molecular weight is 320 g/mol. The highest BCUT2D eigenvalue weighted by molar-refractivity contribution is 7.99. The van der Waals surface area contributed by atoms with E-state index in [1.807, 2.05) is 37.0 Å². The van der Waals surface area contributed by atoms with Crippen LogP contribution in [0.15, 0.2) is 59.5 Å². The van der Waals surface area contributed by atoms with E-state index in [1.54, 1.807) is 0 Å². The lowest BCUT2D eigenvalue weighted by Crippen LogP contribution is -2.27. The molecule has 0 aliphatic rings. The molecule has 0 radical (unpaired) electrons. The van der Waals surface area contributed by atoms with Gasteiger partial charge < -0.3 is 5.32 Å². The van der Waals surface area contributed by atoms with Crippen molar-refractivity contribution in [2.24, 2.45) is 0 Å². The normalized spacial score (nSPS) is 12.3. The summed E-state index contributed by atoms with van der Waals surface area (Å²) in [4.78, 5) is 1.24. The highest BCUT2D eigenvalue weighted by atomic mass is 35.5. The summed E-state index contributed by atoms with van der Waals surface area (Å²) in [6.07, 6.45) is 3.56. The van der Waals surface area contributed by atoms with Gasteiger partial charge in [0.2, 0.25) is 0 Å². The first kappa shape index (κ1) is 16.4. The Morgan fingerprint density at radius 1 is 1.10 bits per heavy atom. The first-order valence-electron chi connectivity index (χ1n) is 7.37. The highest BCUT2D eigenvalue weighted by Gasteiger charge is 2.07. The largest absolute Gasteiger partial charge is 0.316 e. The van der Waals surface area contributed by atoms with E-state index in [0.717, 1.165) is 17.2 Å². The van der Waals surface area contributed by atoms with Gasteiger partial charge in [0.05, 0.1) is 0 Å². The molecule has 2 rings (SSSR count). The van der Waals surface area contributed by atoms with E-state index in [9.17, 15) is 0 Å². The van der Waals surface area contributed by atoms with Crippen LogP contribution in [0.3, 0.4) is 0 Å². The van der Waals surface area contributed by atoms with Gasteiger partial charge in [-0.25, -0.2) is 0 Å². The van der Waals surface area contributed by atoms with Crippen LogP contribution in [0.25, 0.3) is 0 Å². The summed E-state index contributed by atoms with van der Waals surface area (Å²) in [5, 5.41) is 4.23. The van der Waals surface area contributed by atoms with Crippen molar-refractivity contribution >= 4 is 23.4 Å². The van der Waals surface area contributed by atoms with Crippen molar-refractivity contribution < 1.29 is 0 Å². The first-order chi connectivity index (χ1) is 10.3. The molecule has 0 spiro atoms. The molecule has 0 aliphatic carbocycles. The molecule has 112 valence electrons. The second kappa shape index (κ2) is 9.14. The van der Waals surface area contributed by atoms with Crippen LogP contribution in [0.2, 0.25) is 5.02 Å². The number of halogens is 1. The van der Waals surface area contributed by atoms with Gasteiger partial charge in [-0.15, -0.1) is 11.8 Å². The van der Waals surface area contributed by atoms with Crippen LogP contribution in [0.1, 0.15) is 18.4 Å². The van der Waals surface area contributed by atoms with Gasteiger partial charge in [-0.2, -0.15) is 0 Å². The maximum Gasteiger partial charge on any atom is 0.0417 e. The number of hydrogen-bond acceptors (Lipinski definition) is 2. The Labute approximate surface area is 137 Å². The Kier molecular flexibility index (Phi) is 7.14. The van der Waals surface area contributed by atoms with E-state index in [0.29, 0.717) is 6.04 Å². The summed E-state index contributed by atoms with van der Waals surface area (Å²) >= 11 is 7.88. The van der Waals surface area contributed by atoms with Gasteiger partial charge in [-0.3, -0.25) is 0 Å². The molecule has 0 heterocycles. The third-order valence-corrected chi connectivity index (χ3v) is 4.91. The average Bonchev–Trinajstić information content (AvgIpc) is 2.52. The van der Waals surface area contributed by atoms with E-state index >= 15 is 0 Å². The molecule has 0 fully saturated rings. The summed E-state index contributed by atoms with van der Waals surface area (Å²) in [7, 11) is 2.05. The molecule has 2 aromatic rings. The quantitative estimate of drug-likeness (QED) is 0.684. The number of aryl methyl sites for hydroxylation is 1. The van der Waals surface area contributed by atoms with Crippen molar-refractivity contribution in [3.8, 4) is 0 Å². The molecule has 21 heavy (non-hydrogen) atoms. The molecule has 1 atom stereocenters. The second-order valence-electron chi connectivity index (χ2n) is 5.13. The van der Waals surface area contributed by atoms with E-state index in [4.69, 9.17) is 11.6 Å². The zero-order valence-corrected chi connectivity index (χ0v) is 14.0. The summed E-state index contributed by atoms with van der Waals surface area (Å²) in [6, 6.07) is 19.3. The van der Waals surface area contributed by atoms with Crippen molar-refractivity contribution in [3.05, 3.63) is 65.2 Å². The molecule has 0 aromatic heterocycles. The predicted octanol–water partition coefficient (Wildman–Crippen LogP) is 5.04. The minimum atomic E-state index is 0.540. The topological polar surface area (TPSA) is 12.0 Å². The number of rotatable bonds is 8. The summed E-state index contributed by atoms with van der Waals surface area (Å²) in [5.74, 6) is 1.08. The van der Waals surface area contributed by atoms with E-state index < -0.39 is 0 Å². The Bertz CT molecular complexity index is 530. The molecule has 0 amide bonds. The SMILES string of the molecule is CNC(CCCc1ccccc1)CSc1cccc(Cl)c1. The van der Waals surface area contributed by atoms with E-state index in [1.165, 1.54) is 23.3 Å². The van der Waals surface area contributed by atoms with Gasteiger partial charge in [0.25, 0.3) is 0 Å². The summed E-state index contributed by atoms with van der Waals surface area (Å²) in [6.45, 7) is 0. The second-order valence-corrected chi connectivity index (χ2v) is 6.66. The van der Waals surface area contributed by atoms with E-state index in [2.05, 4.69) is 41.7 Å². The number of hydrogen-bond donors (Lipinski definition) is 1. The fourth-order valence-corrected chi connectivity index (χ4v) is 3.63. The van der Waals surface area contributed by atoms with Gasteiger partial charge in [0, 0.05) is 21.7 Å². The lowest BCUT2D eigenvalue weighted by Gasteiger charge is -2.15. The zero-order chi connectivity index (χ0) is 14.9. The number of benzene rings is 2. The third kappa shape index (κ3) is 6.13. The fourth-order valence-electron chi connectivity index (χ4n) is 2.26. The molecular weight excluding hydrogens is 298 g/mol. The fraction of sp³-hybridized carbons (Fsp3) is 0.333. The van der Waals surface area contributed by atoms with Gasteiger partial charge in [0.15, 0.2) is 0 Å². The maximum atomic E-state index is 6.02. The molecule has 0 saturated carbocycles. The molecule has 2 aromatic carbocycles. The summed E-state index contributed by atoms with van der Waals surface area (Å²) < 4.78 is 0. The van der Waals surface area contributed by atoms with Crippen molar-refractivity contribution in [3.63, 3.8) is 0 Å². The minimum absolute atomic E-state index is 0.540. The van der Waals surface area contributed by atoms with Crippen LogP contribution in [0, 0.1) is 0 Å². The lowest BCUT2D eigenvalue weighted by molar-refractivity contribution is 0.549. The van der Waals surface area contributed by atoms with Crippen LogP contribution < -0.4 is 5.32 Å². The molecule has 0 saturated heterocycles. The van der Waals surface area contributed by atoms with Crippen LogP contribution in [-0.4, -0.2) is 18.8 Å². The predicted molar refractivity (Wildman–Crippen MR) is 94.4 cm³/mol. The molecule has 1 nitrogen and oxygen atoms in total. The minimum Gasteiger partial charge on any atom is -0.316 e. The van der Waals surface area contributed by atoms with Gasteiger partial charge >= 0.3 is 0 Å². The van der Waals surface area contributed by atoms with Crippen LogP contribution in [-0.2, 0) is 6.42 Å². The van der Waals surface area contributed by atoms with Crippen molar-refractivity contribution in [2.75, 3.05) is 12.8 Å². The highest BCUT2D eigenvalue weighted by Crippen LogP contribution is 2.23. The molecule has 1 unspecified atom stereocenters. The van der Waals surface area contributed by atoms with Crippen molar-refractivity contribution in [1.29, 1.82) is 0 Å². The molecule has 1 N–H and O–H groups in total. The van der Waals surface area contributed by atoms with Gasteiger partial charge in [-0.05, 0) is 50.1 Å². The Hall–Kier alpha value is -0.960. The molecule has 0 bridgehead atoms. The first-order valence-corrected chi connectivity index (χ1v) is 8.74. The molecule has 3 heteroatoms. The van der Waals surface area contributed by atoms with Crippen molar-refractivity contribution in [1.82, 2.24) is 5.32 Å². The molecular formula is C18H22ClNS. The smallest absolute Gasteiger partial charge is 0.0417 e. The maximum absolute atomic E-state index is 6.02. The number of nitrogens with one attached hydrogen (secondary N) is 1. The Balaban J connectivity index is 1.73. The Morgan fingerprint density at radius 2 is 1.90 bits per heavy atom. The summed E-state index contributed by atoms with van der Waals surface area (Å²) in [5.41, 5.74) is 1.43. The number of thioether (sulfide) groups is 1. The Morgan fingerprint density at radius 3 is 2.62 bits per heavy atom. The van der Waals surface area contributed by atoms with Crippen LogP contribution in [0.5, 0.6) is 0 Å². The van der Waals surface area contributed by atoms with Crippen LogP contribution >= 0.6 is 23.4 Å². The third-order valence-electron chi connectivity index (χ3n) is 3.52.